The van der Waals surface area contributed by atoms with Gasteiger partial charge >= 0.3 is 0 Å². The van der Waals surface area contributed by atoms with Crippen molar-refractivity contribution < 1.29 is 9.59 Å². The lowest BCUT2D eigenvalue weighted by atomic mass is 10.0. The molecule has 2 fully saturated rings. The van der Waals surface area contributed by atoms with Crippen LogP contribution in [-0.4, -0.2) is 42.4 Å². The van der Waals surface area contributed by atoms with Gasteiger partial charge in [-0.25, -0.2) is 0 Å². The first-order valence-electron chi connectivity index (χ1n) is 7.65. The number of benzene rings is 1. The molecule has 2 N–H and O–H groups in total. The molecule has 3 rings (SSSR count). The number of nitrogens with zero attached hydrogens (tertiary/aromatic N) is 2. The summed E-state index contributed by atoms with van der Waals surface area (Å²) in [5.41, 5.74) is 6.72. The molecule has 0 aliphatic carbocycles. The first-order chi connectivity index (χ1) is 10.5. The van der Waals surface area contributed by atoms with Crippen LogP contribution in [0, 0.1) is 5.92 Å². The van der Waals surface area contributed by atoms with Gasteiger partial charge in [0.2, 0.25) is 11.8 Å². The van der Waals surface area contributed by atoms with E-state index in [2.05, 4.69) is 15.9 Å². The molecule has 23 heavy (non-hydrogen) atoms. The van der Waals surface area contributed by atoms with Gasteiger partial charge < -0.3 is 15.5 Å². The molecule has 2 aliphatic heterocycles. The summed E-state index contributed by atoms with van der Waals surface area (Å²) in [6.07, 6.45) is 2.00. The van der Waals surface area contributed by atoms with Crippen molar-refractivity contribution >= 4 is 45.8 Å². The summed E-state index contributed by atoms with van der Waals surface area (Å²) in [5, 5.41) is 0. The van der Waals surface area contributed by atoms with Gasteiger partial charge in [-0.3, -0.25) is 9.59 Å². The maximum absolute atomic E-state index is 12.6. The molecule has 0 spiro atoms. The quantitative estimate of drug-likeness (QED) is 0.824. The molecule has 126 valence electrons. The third-order valence-corrected chi connectivity index (χ3v) is 4.94. The van der Waals surface area contributed by atoms with Gasteiger partial charge in [-0.15, -0.1) is 12.4 Å². The topological polar surface area (TPSA) is 66.6 Å². The number of nitrogens with two attached hydrogens (primary N) is 1. The molecule has 5 nitrogen and oxygen atoms in total. The molecule has 0 aromatic heterocycles. The third-order valence-electron chi connectivity index (χ3n) is 4.45. The minimum absolute atomic E-state index is 0. The average Bonchev–Trinajstić information content (AvgIpc) is 2.89. The number of likely N-dealkylation sites (tertiary alicyclic amines) is 1. The first-order valence-corrected chi connectivity index (χ1v) is 8.44. The van der Waals surface area contributed by atoms with Crippen LogP contribution in [0.15, 0.2) is 28.7 Å². The molecule has 0 bridgehead atoms. The zero-order valence-corrected chi connectivity index (χ0v) is 15.2. The van der Waals surface area contributed by atoms with E-state index in [9.17, 15) is 9.59 Å². The van der Waals surface area contributed by atoms with Gasteiger partial charge in [-0.05, 0) is 31.0 Å². The Hall–Kier alpha value is -1.11. The van der Waals surface area contributed by atoms with E-state index in [0.717, 1.165) is 23.0 Å². The molecular weight excluding hydrogens is 382 g/mol. The van der Waals surface area contributed by atoms with E-state index in [1.165, 1.54) is 0 Å². The fraction of sp³-hybridized carbons (Fsp3) is 0.500. The van der Waals surface area contributed by atoms with Crippen LogP contribution in [0.4, 0.5) is 5.69 Å². The Bertz CT molecular complexity index is 590. The van der Waals surface area contributed by atoms with E-state index >= 15 is 0 Å². The predicted octanol–water partition coefficient (Wildman–Crippen LogP) is 2.17. The summed E-state index contributed by atoms with van der Waals surface area (Å²) in [6, 6.07) is 7.82. The number of piperidine rings is 1. The minimum Gasteiger partial charge on any atom is -0.342 e. The summed E-state index contributed by atoms with van der Waals surface area (Å²) >= 11 is 3.42. The number of carbonyl (C=O) groups excluding carboxylic acids is 2. The van der Waals surface area contributed by atoms with Gasteiger partial charge in [0.15, 0.2) is 0 Å². The van der Waals surface area contributed by atoms with E-state index in [-0.39, 0.29) is 36.2 Å². The fourth-order valence-electron chi connectivity index (χ4n) is 3.14. The Kier molecular flexibility index (Phi) is 6.06. The highest BCUT2D eigenvalue weighted by atomic mass is 79.9. The van der Waals surface area contributed by atoms with Crippen LogP contribution in [-0.2, 0) is 9.59 Å². The van der Waals surface area contributed by atoms with Crippen LogP contribution >= 0.6 is 28.3 Å². The zero-order valence-electron chi connectivity index (χ0n) is 12.8. The number of hydrogen-bond donors (Lipinski definition) is 1. The van der Waals surface area contributed by atoms with Crippen molar-refractivity contribution in [1.29, 1.82) is 0 Å². The molecule has 1 atom stereocenters. The monoisotopic (exact) mass is 401 g/mol. The summed E-state index contributed by atoms with van der Waals surface area (Å²) in [7, 11) is 0. The second-order valence-electron chi connectivity index (χ2n) is 6.05. The molecule has 1 unspecified atom stereocenters. The molecule has 1 aromatic rings. The number of hydrogen-bond acceptors (Lipinski definition) is 3. The van der Waals surface area contributed by atoms with Crippen LogP contribution in [0.25, 0.3) is 0 Å². The number of rotatable bonds is 2. The molecule has 0 saturated carbocycles. The number of carbonyl (C=O) groups is 2. The van der Waals surface area contributed by atoms with Crippen LogP contribution in [0.1, 0.15) is 19.3 Å². The highest BCUT2D eigenvalue weighted by Gasteiger charge is 2.37. The minimum atomic E-state index is -0.235. The summed E-state index contributed by atoms with van der Waals surface area (Å²) < 4.78 is 0.928. The maximum Gasteiger partial charge on any atom is 0.228 e. The van der Waals surface area contributed by atoms with E-state index in [1.54, 1.807) is 4.90 Å². The SMILES string of the molecule is Cl.NC1CCN(C(=O)C2CC(=O)N(c3cccc(Br)c3)C2)CC1. The Labute approximate surface area is 150 Å². The smallest absolute Gasteiger partial charge is 0.228 e. The highest BCUT2D eigenvalue weighted by Crippen LogP contribution is 2.28. The Morgan fingerprint density at radius 3 is 2.61 bits per heavy atom. The molecule has 7 heteroatoms. The Morgan fingerprint density at radius 1 is 1.26 bits per heavy atom. The maximum atomic E-state index is 12.6. The van der Waals surface area contributed by atoms with Crippen molar-refractivity contribution in [1.82, 2.24) is 4.90 Å². The van der Waals surface area contributed by atoms with Crippen molar-refractivity contribution in [2.24, 2.45) is 11.7 Å². The van der Waals surface area contributed by atoms with Crippen molar-refractivity contribution in [2.45, 2.75) is 25.3 Å². The summed E-state index contributed by atoms with van der Waals surface area (Å²) in [6.45, 7) is 1.89. The molecule has 2 saturated heterocycles. The molecule has 2 amide bonds. The van der Waals surface area contributed by atoms with Gasteiger partial charge in [-0.1, -0.05) is 22.0 Å². The van der Waals surface area contributed by atoms with Gasteiger partial charge in [0.25, 0.3) is 0 Å². The number of halogens is 2. The first kappa shape index (κ1) is 18.2. The van der Waals surface area contributed by atoms with Crippen molar-refractivity contribution in [2.75, 3.05) is 24.5 Å². The number of amides is 2. The molecular formula is C16H21BrClN3O2. The normalized spacial score (nSPS) is 22.2. The summed E-state index contributed by atoms with van der Waals surface area (Å²) in [5.74, 6) is -0.122. The molecule has 1 aromatic carbocycles. The van der Waals surface area contributed by atoms with E-state index in [0.29, 0.717) is 26.1 Å². The fourth-order valence-corrected chi connectivity index (χ4v) is 3.53. The van der Waals surface area contributed by atoms with Crippen molar-refractivity contribution in [3.63, 3.8) is 0 Å². The largest absolute Gasteiger partial charge is 0.342 e. The standard InChI is InChI=1S/C16H20BrN3O2.ClH/c17-12-2-1-3-14(9-12)20-10-11(8-15(20)21)16(22)19-6-4-13(18)5-7-19;/h1-3,9,11,13H,4-8,10,18H2;1H. The van der Waals surface area contributed by atoms with Crippen LogP contribution < -0.4 is 10.6 Å². The van der Waals surface area contributed by atoms with Crippen LogP contribution in [0.2, 0.25) is 0 Å². The van der Waals surface area contributed by atoms with Crippen molar-refractivity contribution in [3.8, 4) is 0 Å². The Morgan fingerprint density at radius 2 is 1.96 bits per heavy atom. The van der Waals surface area contributed by atoms with Crippen molar-refractivity contribution in [3.05, 3.63) is 28.7 Å². The lowest BCUT2D eigenvalue weighted by Crippen LogP contribution is -2.45. The second-order valence-corrected chi connectivity index (χ2v) is 6.96. The Balaban J connectivity index is 0.00000192. The number of anilines is 1. The van der Waals surface area contributed by atoms with Gasteiger partial charge in [0, 0.05) is 42.3 Å². The van der Waals surface area contributed by atoms with E-state index < -0.39 is 0 Å². The van der Waals surface area contributed by atoms with Crippen LogP contribution in [0.5, 0.6) is 0 Å². The van der Waals surface area contributed by atoms with Gasteiger partial charge in [-0.2, -0.15) is 0 Å². The molecule has 2 aliphatic rings. The predicted molar refractivity (Wildman–Crippen MR) is 95.6 cm³/mol. The second kappa shape index (κ2) is 7.64. The highest BCUT2D eigenvalue weighted by molar-refractivity contribution is 9.10. The van der Waals surface area contributed by atoms with E-state index in [4.69, 9.17) is 5.73 Å². The third kappa shape index (κ3) is 4.05. The van der Waals surface area contributed by atoms with Gasteiger partial charge in [0.1, 0.15) is 0 Å². The molecule has 0 radical (unpaired) electrons. The van der Waals surface area contributed by atoms with Crippen LogP contribution in [0.3, 0.4) is 0 Å². The lowest BCUT2D eigenvalue weighted by Gasteiger charge is -2.31. The zero-order chi connectivity index (χ0) is 15.7. The van der Waals surface area contributed by atoms with E-state index in [1.807, 2.05) is 29.2 Å². The molecule has 2 heterocycles. The summed E-state index contributed by atoms with van der Waals surface area (Å²) in [4.78, 5) is 28.4. The lowest BCUT2D eigenvalue weighted by molar-refractivity contribution is -0.136. The average molecular weight is 403 g/mol. The van der Waals surface area contributed by atoms with Gasteiger partial charge in [0.05, 0.1) is 5.92 Å².